The van der Waals surface area contributed by atoms with Gasteiger partial charge in [0.25, 0.3) is 0 Å². The molecule has 0 N–H and O–H groups in total. The molecule has 3 nitrogen and oxygen atoms in total. The van der Waals surface area contributed by atoms with Gasteiger partial charge in [-0.25, -0.2) is 0 Å². The van der Waals surface area contributed by atoms with E-state index in [0.29, 0.717) is 35.7 Å². The van der Waals surface area contributed by atoms with E-state index in [2.05, 4.69) is 19.9 Å². The van der Waals surface area contributed by atoms with Crippen LogP contribution >= 0.6 is 0 Å². The van der Waals surface area contributed by atoms with Crippen LogP contribution in [-0.4, -0.2) is 18.7 Å². The topological polar surface area (TPSA) is 43.4 Å². The van der Waals surface area contributed by atoms with Gasteiger partial charge in [0.1, 0.15) is 5.75 Å². The molecule has 5 atom stereocenters. The van der Waals surface area contributed by atoms with Crippen LogP contribution in [0.15, 0.2) is 41.5 Å². The minimum absolute atomic E-state index is 0.156. The van der Waals surface area contributed by atoms with Gasteiger partial charge in [-0.15, -0.1) is 0 Å². The van der Waals surface area contributed by atoms with E-state index in [0.717, 1.165) is 55.4 Å². The van der Waals surface area contributed by atoms with Crippen LogP contribution in [0.3, 0.4) is 0 Å². The van der Waals surface area contributed by atoms with Gasteiger partial charge in [0.15, 0.2) is 11.6 Å². The number of carbonyl (C=O) groups is 2. The number of fused-ring (bicyclic) bond motifs is 5. The van der Waals surface area contributed by atoms with E-state index in [1.165, 1.54) is 5.57 Å². The van der Waals surface area contributed by atoms with Crippen LogP contribution in [-0.2, 0) is 9.59 Å². The highest BCUT2D eigenvalue weighted by atomic mass is 16.5. The van der Waals surface area contributed by atoms with Crippen molar-refractivity contribution in [3.05, 3.63) is 47.1 Å². The molecule has 0 unspecified atom stereocenters. The molecule has 0 amide bonds. The van der Waals surface area contributed by atoms with Crippen molar-refractivity contribution in [3.63, 3.8) is 0 Å². The van der Waals surface area contributed by atoms with Crippen molar-refractivity contribution in [1.29, 1.82) is 0 Å². The van der Waals surface area contributed by atoms with Crippen molar-refractivity contribution in [3.8, 4) is 5.75 Å². The summed E-state index contributed by atoms with van der Waals surface area (Å²) in [6.07, 6.45) is 10.9. The summed E-state index contributed by atoms with van der Waals surface area (Å²) in [5.41, 5.74) is 3.40. The van der Waals surface area contributed by atoms with Crippen molar-refractivity contribution in [2.24, 2.45) is 28.6 Å². The quantitative estimate of drug-likeness (QED) is 0.586. The van der Waals surface area contributed by atoms with E-state index in [9.17, 15) is 9.59 Å². The number of rotatable bonds is 2. The number of hydrogen-bond donors (Lipinski definition) is 0. The molecular formula is C27H32O3. The van der Waals surface area contributed by atoms with Crippen LogP contribution in [0.2, 0.25) is 0 Å². The Morgan fingerprint density at radius 2 is 1.73 bits per heavy atom. The first-order valence-corrected chi connectivity index (χ1v) is 11.5. The standard InChI is InChI=1S/C27H32O3/c1-26-12-10-20(28)16-19(26)6-9-22-23(26)11-13-27(2)24(22)15-18(25(27)29)14-17-4-7-21(30-3)8-5-17/h4-5,7-8,14,16,22-24H,6,9-13,15H2,1-3H3/b18-14+/t22-,23+,24+,26+,27+/m1/s1. The van der Waals surface area contributed by atoms with Crippen molar-refractivity contribution < 1.29 is 14.3 Å². The van der Waals surface area contributed by atoms with E-state index < -0.39 is 0 Å². The maximum Gasteiger partial charge on any atom is 0.165 e. The Kier molecular flexibility index (Phi) is 4.57. The Bertz CT molecular complexity index is 953. The molecule has 3 fully saturated rings. The fourth-order valence-corrected chi connectivity index (χ4v) is 7.26. The summed E-state index contributed by atoms with van der Waals surface area (Å²) in [5.74, 6) is 3.14. The van der Waals surface area contributed by atoms with Gasteiger partial charge in [0, 0.05) is 11.8 Å². The normalized spacial score (nSPS) is 39.2. The van der Waals surface area contributed by atoms with Gasteiger partial charge in [0.05, 0.1) is 7.11 Å². The van der Waals surface area contributed by atoms with Gasteiger partial charge < -0.3 is 4.74 Å². The summed E-state index contributed by atoms with van der Waals surface area (Å²) < 4.78 is 5.26. The number of benzene rings is 1. The van der Waals surface area contributed by atoms with Crippen molar-refractivity contribution in [2.75, 3.05) is 7.11 Å². The lowest BCUT2D eigenvalue weighted by Gasteiger charge is -2.56. The molecular weight excluding hydrogens is 372 g/mol. The van der Waals surface area contributed by atoms with Crippen molar-refractivity contribution in [1.82, 2.24) is 0 Å². The van der Waals surface area contributed by atoms with Crippen LogP contribution in [0, 0.1) is 28.6 Å². The summed E-state index contributed by atoms with van der Waals surface area (Å²) in [6, 6.07) is 7.97. The number of carbonyl (C=O) groups excluding carboxylic acids is 2. The van der Waals surface area contributed by atoms with Crippen LogP contribution in [0.1, 0.15) is 64.4 Å². The second kappa shape index (κ2) is 6.93. The molecule has 0 spiro atoms. The van der Waals surface area contributed by atoms with E-state index in [1.54, 1.807) is 7.11 Å². The monoisotopic (exact) mass is 404 g/mol. The average molecular weight is 405 g/mol. The van der Waals surface area contributed by atoms with Crippen LogP contribution < -0.4 is 4.74 Å². The van der Waals surface area contributed by atoms with E-state index in [4.69, 9.17) is 4.74 Å². The molecule has 0 bridgehead atoms. The van der Waals surface area contributed by atoms with E-state index in [-0.39, 0.29) is 10.8 Å². The Morgan fingerprint density at radius 3 is 2.47 bits per heavy atom. The lowest BCUT2D eigenvalue weighted by atomic mass is 9.47. The Balaban J connectivity index is 1.45. The minimum Gasteiger partial charge on any atom is -0.497 e. The van der Waals surface area contributed by atoms with Crippen molar-refractivity contribution in [2.45, 2.75) is 58.8 Å². The van der Waals surface area contributed by atoms with Gasteiger partial charge in [-0.3, -0.25) is 9.59 Å². The first-order valence-electron chi connectivity index (χ1n) is 11.5. The van der Waals surface area contributed by atoms with Crippen molar-refractivity contribution >= 4 is 17.6 Å². The molecule has 30 heavy (non-hydrogen) atoms. The first-order chi connectivity index (χ1) is 14.3. The van der Waals surface area contributed by atoms with Gasteiger partial charge in [-0.1, -0.05) is 31.6 Å². The van der Waals surface area contributed by atoms with Gasteiger partial charge in [-0.2, -0.15) is 0 Å². The van der Waals surface area contributed by atoms with Gasteiger partial charge in [-0.05, 0) is 97.1 Å². The molecule has 4 aliphatic carbocycles. The molecule has 3 saturated carbocycles. The predicted octanol–water partition coefficient (Wildman–Crippen LogP) is 5.79. The zero-order valence-corrected chi connectivity index (χ0v) is 18.4. The number of ether oxygens (including phenoxy) is 1. The second-order valence-corrected chi connectivity index (χ2v) is 10.4. The molecule has 0 aliphatic heterocycles. The van der Waals surface area contributed by atoms with E-state index in [1.807, 2.05) is 30.3 Å². The molecule has 5 rings (SSSR count). The van der Waals surface area contributed by atoms with E-state index >= 15 is 0 Å². The molecule has 0 aromatic heterocycles. The highest BCUT2D eigenvalue weighted by Gasteiger charge is 2.60. The Morgan fingerprint density at radius 1 is 0.967 bits per heavy atom. The smallest absolute Gasteiger partial charge is 0.165 e. The summed E-state index contributed by atoms with van der Waals surface area (Å²) in [6.45, 7) is 4.62. The third kappa shape index (κ3) is 2.85. The largest absolute Gasteiger partial charge is 0.497 e. The Hall–Kier alpha value is -2.16. The zero-order valence-electron chi connectivity index (χ0n) is 18.4. The SMILES string of the molecule is COc1ccc(/C=C2\C[C@H]3[C@@H]4CCC5=CC(=O)CC[C@]5(C)[C@H]4CC[C@]3(C)C2=O)cc1. The summed E-state index contributed by atoms with van der Waals surface area (Å²) in [4.78, 5) is 25.5. The summed E-state index contributed by atoms with van der Waals surface area (Å²) in [5, 5.41) is 0. The number of ketones is 2. The molecule has 158 valence electrons. The zero-order chi connectivity index (χ0) is 21.1. The van der Waals surface area contributed by atoms with Crippen LogP contribution in [0.25, 0.3) is 6.08 Å². The summed E-state index contributed by atoms with van der Waals surface area (Å²) >= 11 is 0. The van der Waals surface area contributed by atoms with Gasteiger partial charge in [0.2, 0.25) is 0 Å². The summed E-state index contributed by atoms with van der Waals surface area (Å²) in [7, 11) is 1.67. The maximum atomic E-state index is 13.5. The molecule has 0 heterocycles. The first kappa shape index (κ1) is 19.8. The molecule has 4 aliphatic rings. The predicted molar refractivity (Wildman–Crippen MR) is 118 cm³/mol. The third-order valence-corrected chi connectivity index (χ3v) is 9.06. The number of Topliss-reactive ketones (excluding diaryl/α,β-unsaturated/α-hetero) is 1. The molecule has 1 aromatic rings. The lowest BCUT2D eigenvalue weighted by Crippen LogP contribution is -2.50. The molecule has 0 saturated heterocycles. The molecule has 1 aromatic carbocycles. The molecule has 3 heteroatoms. The van der Waals surface area contributed by atoms with Gasteiger partial charge >= 0.3 is 0 Å². The highest BCUT2D eigenvalue weighted by Crippen LogP contribution is 2.65. The van der Waals surface area contributed by atoms with Crippen LogP contribution in [0.4, 0.5) is 0 Å². The Labute approximate surface area is 179 Å². The highest BCUT2D eigenvalue weighted by molar-refractivity contribution is 6.06. The average Bonchev–Trinajstić information content (AvgIpc) is 3.00. The third-order valence-electron chi connectivity index (χ3n) is 9.06. The number of methoxy groups -OCH3 is 1. The molecule has 0 radical (unpaired) electrons. The van der Waals surface area contributed by atoms with Crippen LogP contribution in [0.5, 0.6) is 5.75 Å². The number of hydrogen-bond acceptors (Lipinski definition) is 3. The fraction of sp³-hybridized carbons (Fsp3) is 0.556. The minimum atomic E-state index is -0.221. The second-order valence-electron chi connectivity index (χ2n) is 10.4. The maximum absolute atomic E-state index is 13.5. The number of allylic oxidation sites excluding steroid dienone is 2. The lowest BCUT2D eigenvalue weighted by molar-refractivity contribution is -0.130. The fourth-order valence-electron chi connectivity index (χ4n) is 7.26.